The minimum absolute atomic E-state index is 0. The summed E-state index contributed by atoms with van der Waals surface area (Å²) in [6.45, 7) is 2.03. The summed E-state index contributed by atoms with van der Waals surface area (Å²) in [7, 11) is 0. The lowest BCUT2D eigenvalue weighted by molar-refractivity contribution is 0.640. The maximum Gasteiger partial charge on any atom is 0.220 e. The summed E-state index contributed by atoms with van der Waals surface area (Å²) in [5.41, 5.74) is 9.71. The quantitative estimate of drug-likeness (QED) is 0.746. The van der Waals surface area contributed by atoms with E-state index >= 15 is 0 Å². The van der Waals surface area contributed by atoms with Crippen molar-refractivity contribution in [1.82, 2.24) is 9.97 Å². The van der Waals surface area contributed by atoms with Crippen molar-refractivity contribution in [3.63, 3.8) is 0 Å². The summed E-state index contributed by atoms with van der Waals surface area (Å²) >= 11 is 0. The van der Waals surface area contributed by atoms with Crippen LogP contribution in [0.3, 0.4) is 0 Å². The predicted octanol–water partition coefficient (Wildman–Crippen LogP) is 4.63. The Labute approximate surface area is 140 Å². The normalized spacial score (nSPS) is 13.8. The van der Waals surface area contributed by atoms with E-state index in [0.717, 1.165) is 40.7 Å². The predicted molar refractivity (Wildman–Crippen MR) is 93.3 cm³/mol. The van der Waals surface area contributed by atoms with Gasteiger partial charge in [0.2, 0.25) is 5.95 Å². The van der Waals surface area contributed by atoms with Crippen LogP contribution in [0.1, 0.15) is 30.0 Å². The molecular weight excluding hydrogens is 313 g/mol. The van der Waals surface area contributed by atoms with Crippen molar-refractivity contribution in [3.8, 4) is 11.3 Å². The summed E-state index contributed by atoms with van der Waals surface area (Å²) in [5.74, 6) is 0.563. The van der Waals surface area contributed by atoms with Gasteiger partial charge in [0.15, 0.2) is 0 Å². The smallest absolute Gasteiger partial charge is 0.220 e. The molecule has 0 aliphatic heterocycles. The highest BCUT2D eigenvalue weighted by Crippen LogP contribution is 2.43. The van der Waals surface area contributed by atoms with Gasteiger partial charge in [0.25, 0.3) is 0 Å². The fraction of sp³-hybridized carbons (Fsp3) is 0.222. The first-order chi connectivity index (χ1) is 10.6. The third kappa shape index (κ3) is 2.63. The van der Waals surface area contributed by atoms with Crippen molar-refractivity contribution in [3.05, 3.63) is 53.5 Å². The molecule has 1 aliphatic carbocycles. The highest BCUT2D eigenvalue weighted by Gasteiger charge is 2.29. The van der Waals surface area contributed by atoms with Crippen LogP contribution in [-0.4, -0.2) is 9.97 Å². The van der Waals surface area contributed by atoms with Gasteiger partial charge in [0, 0.05) is 16.9 Å². The number of hydrogen-bond donors (Lipinski definition) is 1. The Balaban J connectivity index is 0.00000156. The van der Waals surface area contributed by atoms with Crippen LogP contribution in [0.25, 0.3) is 22.0 Å². The van der Waals surface area contributed by atoms with Gasteiger partial charge in [0.1, 0.15) is 5.82 Å². The van der Waals surface area contributed by atoms with Crippen molar-refractivity contribution in [1.29, 1.82) is 0 Å². The lowest BCUT2D eigenvalue weighted by Crippen LogP contribution is -2.04. The van der Waals surface area contributed by atoms with Crippen LogP contribution in [0.4, 0.5) is 10.3 Å². The lowest BCUT2D eigenvalue weighted by Gasteiger charge is -2.13. The first-order valence-corrected chi connectivity index (χ1v) is 7.47. The van der Waals surface area contributed by atoms with Crippen LogP contribution in [0, 0.1) is 12.7 Å². The zero-order chi connectivity index (χ0) is 15.3. The van der Waals surface area contributed by atoms with Crippen LogP contribution < -0.4 is 5.73 Å². The summed E-state index contributed by atoms with van der Waals surface area (Å²) in [6, 6.07) is 10.7. The molecule has 0 amide bonds. The number of nitrogens with zero attached hydrogens (tertiary/aromatic N) is 2. The number of anilines is 1. The molecule has 1 fully saturated rings. The molecule has 0 spiro atoms. The van der Waals surface area contributed by atoms with Crippen LogP contribution in [0.5, 0.6) is 0 Å². The molecule has 23 heavy (non-hydrogen) atoms. The maximum absolute atomic E-state index is 14.0. The fourth-order valence-corrected chi connectivity index (χ4v) is 3.04. The SMILES string of the molecule is Cc1c(-c2ccc(F)c3ccccc23)nc(N)nc1C1CC1.Cl. The topological polar surface area (TPSA) is 51.8 Å². The van der Waals surface area contributed by atoms with E-state index in [2.05, 4.69) is 9.97 Å². The van der Waals surface area contributed by atoms with Gasteiger partial charge in [-0.2, -0.15) is 0 Å². The van der Waals surface area contributed by atoms with Gasteiger partial charge in [-0.3, -0.25) is 0 Å². The number of aromatic nitrogens is 2. The molecule has 0 radical (unpaired) electrons. The van der Waals surface area contributed by atoms with Crippen molar-refractivity contribution in [2.24, 2.45) is 0 Å². The molecule has 3 aromatic rings. The number of rotatable bonds is 2. The van der Waals surface area contributed by atoms with Gasteiger partial charge in [-0.05, 0) is 42.8 Å². The van der Waals surface area contributed by atoms with E-state index in [1.54, 1.807) is 12.1 Å². The second-order valence-electron chi connectivity index (χ2n) is 5.86. The summed E-state index contributed by atoms with van der Waals surface area (Å²) < 4.78 is 14.0. The molecule has 0 saturated heterocycles. The van der Waals surface area contributed by atoms with Gasteiger partial charge in [-0.15, -0.1) is 12.4 Å². The molecule has 0 unspecified atom stereocenters. The number of benzene rings is 2. The Morgan fingerprint density at radius 1 is 1.04 bits per heavy atom. The molecule has 118 valence electrons. The molecule has 4 rings (SSSR count). The average molecular weight is 330 g/mol. The van der Waals surface area contributed by atoms with E-state index in [1.165, 1.54) is 6.07 Å². The third-order valence-corrected chi connectivity index (χ3v) is 4.29. The lowest BCUT2D eigenvalue weighted by atomic mass is 9.97. The Kier molecular flexibility index (Phi) is 3.94. The molecule has 1 saturated carbocycles. The molecule has 0 bridgehead atoms. The van der Waals surface area contributed by atoms with E-state index < -0.39 is 0 Å². The summed E-state index contributed by atoms with van der Waals surface area (Å²) in [5, 5.41) is 1.45. The minimum Gasteiger partial charge on any atom is -0.368 e. The van der Waals surface area contributed by atoms with E-state index in [0.29, 0.717) is 11.3 Å². The van der Waals surface area contributed by atoms with E-state index in [1.807, 2.05) is 25.1 Å². The van der Waals surface area contributed by atoms with Gasteiger partial charge in [-0.1, -0.05) is 24.3 Å². The maximum atomic E-state index is 14.0. The Morgan fingerprint density at radius 2 is 1.74 bits per heavy atom. The van der Waals surface area contributed by atoms with Crippen LogP contribution >= 0.6 is 12.4 Å². The average Bonchev–Trinajstić information content (AvgIpc) is 3.35. The molecule has 3 nitrogen and oxygen atoms in total. The van der Waals surface area contributed by atoms with Gasteiger partial charge < -0.3 is 5.73 Å². The largest absolute Gasteiger partial charge is 0.368 e. The fourth-order valence-electron chi connectivity index (χ4n) is 3.04. The Bertz CT molecular complexity index is 891. The molecule has 0 atom stereocenters. The molecule has 1 aromatic heterocycles. The number of fused-ring (bicyclic) bond motifs is 1. The van der Waals surface area contributed by atoms with Crippen molar-refractivity contribution in [2.45, 2.75) is 25.7 Å². The molecule has 5 heteroatoms. The van der Waals surface area contributed by atoms with Crippen molar-refractivity contribution in [2.75, 3.05) is 5.73 Å². The monoisotopic (exact) mass is 329 g/mol. The highest BCUT2D eigenvalue weighted by molar-refractivity contribution is 5.97. The molecule has 1 heterocycles. The number of nitrogen functional groups attached to an aromatic ring is 1. The zero-order valence-corrected chi connectivity index (χ0v) is 13.5. The number of hydrogen-bond acceptors (Lipinski definition) is 3. The second-order valence-corrected chi connectivity index (χ2v) is 5.86. The third-order valence-electron chi connectivity index (χ3n) is 4.29. The van der Waals surface area contributed by atoms with E-state index in [-0.39, 0.29) is 24.2 Å². The molecule has 2 aromatic carbocycles. The first-order valence-electron chi connectivity index (χ1n) is 7.47. The van der Waals surface area contributed by atoms with Gasteiger partial charge in [0.05, 0.1) is 11.4 Å². The van der Waals surface area contributed by atoms with Crippen LogP contribution in [-0.2, 0) is 0 Å². The summed E-state index contributed by atoms with van der Waals surface area (Å²) in [4.78, 5) is 8.85. The highest BCUT2D eigenvalue weighted by atomic mass is 35.5. The summed E-state index contributed by atoms with van der Waals surface area (Å²) in [6.07, 6.45) is 2.31. The van der Waals surface area contributed by atoms with Crippen LogP contribution in [0.2, 0.25) is 0 Å². The van der Waals surface area contributed by atoms with Crippen molar-refractivity contribution < 1.29 is 4.39 Å². The minimum atomic E-state index is -0.221. The molecule has 1 aliphatic rings. The molecular formula is C18H17ClFN3. The first kappa shape index (κ1) is 15.7. The number of halogens is 2. The van der Waals surface area contributed by atoms with Crippen LogP contribution in [0.15, 0.2) is 36.4 Å². The van der Waals surface area contributed by atoms with Gasteiger partial charge >= 0.3 is 0 Å². The van der Waals surface area contributed by atoms with E-state index in [9.17, 15) is 4.39 Å². The molecule has 2 N–H and O–H groups in total. The van der Waals surface area contributed by atoms with Crippen molar-refractivity contribution >= 4 is 29.1 Å². The van der Waals surface area contributed by atoms with E-state index in [4.69, 9.17) is 5.73 Å². The Morgan fingerprint density at radius 3 is 2.43 bits per heavy atom. The number of nitrogens with two attached hydrogens (primary N) is 1. The second kappa shape index (κ2) is 5.78. The standard InChI is InChI=1S/C18H16FN3.ClH/c1-10-16(11-6-7-11)21-18(20)22-17(10)14-8-9-15(19)13-5-3-2-4-12(13)14;/h2-5,8-9,11H,6-7H2,1H3,(H2,20,21,22);1H. The Hall–Kier alpha value is -2.20. The zero-order valence-electron chi connectivity index (χ0n) is 12.7. The van der Waals surface area contributed by atoms with Gasteiger partial charge in [-0.25, -0.2) is 14.4 Å².